The summed E-state index contributed by atoms with van der Waals surface area (Å²) in [6, 6.07) is 0. The normalized spacial score (nSPS) is 29.3. The van der Waals surface area contributed by atoms with Gasteiger partial charge in [0.05, 0.1) is 12.1 Å². The maximum atomic E-state index is 11.8. The topological polar surface area (TPSA) is 66.6 Å². The van der Waals surface area contributed by atoms with Crippen molar-refractivity contribution in [2.24, 2.45) is 11.7 Å². The van der Waals surface area contributed by atoms with E-state index in [4.69, 9.17) is 5.73 Å². The van der Waals surface area contributed by atoms with E-state index in [0.29, 0.717) is 19.5 Å². The van der Waals surface area contributed by atoms with Crippen molar-refractivity contribution in [3.63, 3.8) is 0 Å². The van der Waals surface area contributed by atoms with Gasteiger partial charge in [0.2, 0.25) is 5.91 Å². The Bertz CT molecular complexity index is 220. The molecular weight excluding hydrogens is 180 g/mol. The van der Waals surface area contributed by atoms with Crippen molar-refractivity contribution in [1.29, 1.82) is 0 Å². The van der Waals surface area contributed by atoms with E-state index in [1.807, 2.05) is 13.8 Å². The highest BCUT2D eigenvalue weighted by Gasteiger charge is 2.37. The number of aliphatic hydroxyl groups is 1. The lowest BCUT2D eigenvalue weighted by molar-refractivity contribution is -0.134. The Morgan fingerprint density at radius 3 is 2.79 bits per heavy atom. The van der Waals surface area contributed by atoms with Gasteiger partial charge in [-0.15, -0.1) is 0 Å². The van der Waals surface area contributed by atoms with Crippen molar-refractivity contribution >= 4 is 5.91 Å². The van der Waals surface area contributed by atoms with Gasteiger partial charge in [-0.25, -0.2) is 0 Å². The molecule has 0 aromatic rings. The van der Waals surface area contributed by atoms with Crippen molar-refractivity contribution < 1.29 is 9.90 Å². The number of amides is 1. The van der Waals surface area contributed by atoms with Gasteiger partial charge in [-0.05, 0) is 12.8 Å². The fraction of sp³-hybridized carbons (Fsp3) is 0.900. The van der Waals surface area contributed by atoms with Crippen LogP contribution in [0.3, 0.4) is 0 Å². The fourth-order valence-electron chi connectivity index (χ4n) is 1.70. The summed E-state index contributed by atoms with van der Waals surface area (Å²) in [4.78, 5) is 13.5. The van der Waals surface area contributed by atoms with Crippen molar-refractivity contribution in [1.82, 2.24) is 4.90 Å². The molecule has 4 nitrogen and oxygen atoms in total. The summed E-state index contributed by atoms with van der Waals surface area (Å²) in [5.74, 6) is 0.187. The molecule has 2 atom stereocenters. The summed E-state index contributed by atoms with van der Waals surface area (Å²) >= 11 is 0. The summed E-state index contributed by atoms with van der Waals surface area (Å²) in [5, 5.41) is 9.85. The lowest BCUT2D eigenvalue weighted by Crippen LogP contribution is -2.42. The molecule has 0 saturated carbocycles. The minimum Gasteiger partial charge on any atom is -0.387 e. The van der Waals surface area contributed by atoms with Gasteiger partial charge in [0.15, 0.2) is 0 Å². The molecule has 2 unspecified atom stereocenters. The van der Waals surface area contributed by atoms with Crippen LogP contribution >= 0.6 is 0 Å². The molecule has 1 heterocycles. The molecule has 3 N–H and O–H groups in total. The second-order valence-corrected chi connectivity index (χ2v) is 4.25. The van der Waals surface area contributed by atoms with E-state index in [0.717, 1.165) is 6.42 Å². The molecule has 0 aromatic carbocycles. The van der Waals surface area contributed by atoms with Crippen molar-refractivity contribution in [2.45, 2.75) is 32.3 Å². The van der Waals surface area contributed by atoms with Gasteiger partial charge in [-0.2, -0.15) is 0 Å². The second-order valence-electron chi connectivity index (χ2n) is 4.25. The minimum absolute atomic E-state index is 0.0510. The van der Waals surface area contributed by atoms with Gasteiger partial charge < -0.3 is 15.7 Å². The molecule has 1 amide bonds. The average molecular weight is 200 g/mol. The average Bonchev–Trinajstić information content (AvgIpc) is 2.59. The van der Waals surface area contributed by atoms with Crippen LogP contribution in [0.4, 0.5) is 0 Å². The SMILES string of the molecule is CCC(C)C(=O)N1CCC(O)(CN)C1. The Kier molecular flexibility index (Phi) is 3.50. The summed E-state index contributed by atoms with van der Waals surface area (Å²) in [6.45, 7) is 5.18. The van der Waals surface area contributed by atoms with Crippen LogP contribution in [0.2, 0.25) is 0 Å². The molecule has 0 radical (unpaired) electrons. The number of likely N-dealkylation sites (tertiary alicyclic amines) is 1. The van der Waals surface area contributed by atoms with Gasteiger partial charge in [-0.3, -0.25) is 4.79 Å². The van der Waals surface area contributed by atoms with Crippen LogP contribution in [-0.4, -0.2) is 41.1 Å². The van der Waals surface area contributed by atoms with E-state index in [1.165, 1.54) is 0 Å². The van der Waals surface area contributed by atoms with Gasteiger partial charge in [-0.1, -0.05) is 13.8 Å². The van der Waals surface area contributed by atoms with E-state index >= 15 is 0 Å². The van der Waals surface area contributed by atoms with E-state index in [9.17, 15) is 9.90 Å². The van der Waals surface area contributed by atoms with Crippen LogP contribution in [0.5, 0.6) is 0 Å². The quantitative estimate of drug-likeness (QED) is 0.671. The van der Waals surface area contributed by atoms with Crippen molar-refractivity contribution in [3.05, 3.63) is 0 Å². The number of nitrogens with two attached hydrogens (primary N) is 1. The molecule has 4 heteroatoms. The number of hydrogen-bond acceptors (Lipinski definition) is 3. The zero-order valence-electron chi connectivity index (χ0n) is 8.99. The van der Waals surface area contributed by atoms with Crippen LogP contribution in [0.15, 0.2) is 0 Å². The van der Waals surface area contributed by atoms with Crippen molar-refractivity contribution in [2.75, 3.05) is 19.6 Å². The summed E-state index contributed by atoms with van der Waals surface area (Å²) in [7, 11) is 0. The zero-order valence-corrected chi connectivity index (χ0v) is 8.99. The van der Waals surface area contributed by atoms with E-state index in [-0.39, 0.29) is 18.4 Å². The highest BCUT2D eigenvalue weighted by atomic mass is 16.3. The molecule has 14 heavy (non-hydrogen) atoms. The standard InChI is InChI=1S/C10H20N2O2/c1-3-8(2)9(13)12-5-4-10(14,6-11)7-12/h8,14H,3-7,11H2,1-2H3. The third-order valence-electron chi connectivity index (χ3n) is 3.06. The lowest BCUT2D eigenvalue weighted by atomic mass is 10.0. The smallest absolute Gasteiger partial charge is 0.225 e. The third kappa shape index (κ3) is 2.25. The van der Waals surface area contributed by atoms with E-state index in [2.05, 4.69) is 0 Å². The van der Waals surface area contributed by atoms with E-state index < -0.39 is 5.60 Å². The molecule has 1 rings (SSSR count). The summed E-state index contributed by atoms with van der Waals surface area (Å²) in [6.07, 6.45) is 1.45. The molecule has 1 fully saturated rings. The van der Waals surface area contributed by atoms with E-state index in [1.54, 1.807) is 4.90 Å². The largest absolute Gasteiger partial charge is 0.387 e. The van der Waals surface area contributed by atoms with Gasteiger partial charge in [0, 0.05) is 19.0 Å². The third-order valence-corrected chi connectivity index (χ3v) is 3.06. The molecule has 1 saturated heterocycles. The first-order valence-corrected chi connectivity index (χ1v) is 5.23. The highest BCUT2D eigenvalue weighted by molar-refractivity contribution is 5.78. The van der Waals surface area contributed by atoms with Crippen LogP contribution in [-0.2, 0) is 4.79 Å². The highest BCUT2D eigenvalue weighted by Crippen LogP contribution is 2.22. The Morgan fingerprint density at radius 2 is 2.36 bits per heavy atom. The molecule has 0 aliphatic carbocycles. The number of hydrogen-bond donors (Lipinski definition) is 2. The van der Waals surface area contributed by atoms with Gasteiger partial charge >= 0.3 is 0 Å². The Hall–Kier alpha value is -0.610. The number of carbonyl (C=O) groups excluding carboxylic acids is 1. The molecule has 0 bridgehead atoms. The molecule has 1 aliphatic rings. The summed E-state index contributed by atoms with van der Waals surface area (Å²) < 4.78 is 0. The Labute approximate surface area is 85.1 Å². The predicted octanol–water partition coefficient (Wildman–Crippen LogP) is -0.0454. The predicted molar refractivity (Wildman–Crippen MR) is 54.7 cm³/mol. The minimum atomic E-state index is -0.844. The number of rotatable bonds is 3. The molecule has 82 valence electrons. The first kappa shape index (κ1) is 11.5. The molecule has 0 aromatic heterocycles. The summed E-state index contributed by atoms with van der Waals surface area (Å²) in [5.41, 5.74) is 4.61. The molecule has 1 aliphatic heterocycles. The lowest BCUT2D eigenvalue weighted by Gasteiger charge is -2.23. The number of carbonyl (C=O) groups is 1. The van der Waals surface area contributed by atoms with Crippen LogP contribution < -0.4 is 5.73 Å². The number of nitrogens with zero attached hydrogens (tertiary/aromatic N) is 1. The Balaban J connectivity index is 2.54. The second kappa shape index (κ2) is 4.28. The maximum absolute atomic E-state index is 11.8. The first-order chi connectivity index (χ1) is 6.52. The van der Waals surface area contributed by atoms with Gasteiger partial charge in [0.1, 0.15) is 0 Å². The fourth-order valence-corrected chi connectivity index (χ4v) is 1.70. The number of β-amino-alcohol motifs (C(OH)–C–C–N with tert-alkyl or cyclic N) is 1. The molecular formula is C10H20N2O2. The van der Waals surface area contributed by atoms with Crippen LogP contribution in [0, 0.1) is 5.92 Å². The monoisotopic (exact) mass is 200 g/mol. The maximum Gasteiger partial charge on any atom is 0.225 e. The van der Waals surface area contributed by atoms with Crippen molar-refractivity contribution in [3.8, 4) is 0 Å². The first-order valence-electron chi connectivity index (χ1n) is 5.23. The van der Waals surface area contributed by atoms with Crippen LogP contribution in [0.1, 0.15) is 26.7 Å². The van der Waals surface area contributed by atoms with Gasteiger partial charge in [0.25, 0.3) is 0 Å². The molecule has 0 spiro atoms. The zero-order chi connectivity index (χ0) is 10.8. The van der Waals surface area contributed by atoms with Crippen LogP contribution in [0.25, 0.3) is 0 Å². The Morgan fingerprint density at radius 1 is 1.71 bits per heavy atom.